The lowest BCUT2D eigenvalue weighted by molar-refractivity contribution is -0.129. The predicted molar refractivity (Wildman–Crippen MR) is 178 cm³/mol. The fourth-order valence-corrected chi connectivity index (χ4v) is 7.30. The molecule has 1 aliphatic carbocycles. The molecule has 0 bridgehead atoms. The van der Waals surface area contributed by atoms with E-state index in [1.807, 2.05) is 6.92 Å². The number of hydrogen-bond acceptors (Lipinski definition) is 3. The third kappa shape index (κ3) is 8.40. The molecule has 3 unspecified atom stereocenters. The standard InChI is InChI=1S/C40H50O3/c1-6-10-34(35(8-3)38(42)23-28(5)41)24-32-25-37-36(22-13-27(4)40(37)39(43)26-32)33-20-18-31(19-21-33)12-9-11-30-16-14-29(7-2)15-17-30/h13-22,32,34-35H,6-12,23-26H2,1-5H3. The molecule has 0 heterocycles. The Hall–Kier alpha value is -3.33. The van der Waals surface area contributed by atoms with Crippen LogP contribution in [0.4, 0.5) is 0 Å². The van der Waals surface area contributed by atoms with Gasteiger partial charge in [-0.05, 0) is 110 Å². The highest BCUT2D eigenvalue weighted by Gasteiger charge is 2.34. The van der Waals surface area contributed by atoms with E-state index in [0.717, 1.165) is 80.0 Å². The van der Waals surface area contributed by atoms with Gasteiger partial charge in [-0.3, -0.25) is 14.4 Å². The van der Waals surface area contributed by atoms with E-state index in [2.05, 4.69) is 81.4 Å². The zero-order valence-corrected chi connectivity index (χ0v) is 27.0. The van der Waals surface area contributed by atoms with E-state index >= 15 is 0 Å². The molecular weight excluding hydrogens is 528 g/mol. The van der Waals surface area contributed by atoms with Crippen molar-refractivity contribution in [2.24, 2.45) is 17.8 Å². The van der Waals surface area contributed by atoms with Gasteiger partial charge in [0.25, 0.3) is 0 Å². The summed E-state index contributed by atoms with van der Waals surface area (Å²) in [6.45, 7) is 9.95. The second-order valence-corrected chi connectivity index (χ2v) is 12.8. The predicted octanol–water partition coefficient (Wildman–Crippen LogP) is 9.53. The van der Waals surface area contributed by atoms with Gasteiger partial charge < -0.3 is 0 Å². The molecule has 3 atom stereocenters. The van der Waals surface area contributed by atoms with Gasteiger partial charge in [-0.15, -0.1) is 0 Å². The Bertz CT molecular complexity index is 1400. The molecule has 0 fully saturated rings. The van der Waals surface area contributed by atoms with Gasteiger partial charge >= 0.3 is 0 Å². The van der Waals surface area contributed by atoms with Crippen molar-refractivity contribution in [3.63, 3.8) is 0 Å². The molecule has 0 radical (unpaired) electrons. The van der Waals surface area contributed by atoms with E-state index in [9.17, 15) is 14.4 Å². The third-order valence-corrected chi connectivity index (χ3v) is 9.54. The molecule has 0 aromatic heterocycles. The summed E-state index contributed by atoms with van der Waals surface area (Å²) < 4.78 is 0. The Kier molecular flexibility index (Phi) is 11.7. The number of fused-ring (bicyclic) bond motifs is 1. The van der Waals surface area contributed by atoms with E-state index in [1.54, 1.807) is 0 Å². The van der Waals surface area contributed by atoms with E-state index in [1.165, 1.54) is 29.2 Å². The molecule has 0 aliphatic heterocycles. The van der Waals surface area contributed by atoms with Gasteiger partial charge in [0.1, 0.15) is 11.6 Å². The summed E-state index contributed by atoms with van der Waals surface area (Å²) in [5, 5.41) is 0. The molecule has 3 nitrogen and oxygen atoms in total. The second-order valence-electron chi connectivity index (χ2n) is 12.8. The molecule has 43 heavy (non-hydrogen) atoms. The van der Waals surface area contributed by atoms with Crippen molar-refractivity contribution in [3.05, 3.63) is 94.0 Å². The molecular formula is C40H50O3. The van der Waals surface area contributed by atoms with Gasteiger partial charge in [0.15, 0.2) is 5.78 Å². The monoisotopic (exact) mass is 578 g/mol. The Labute approximate surface area is 259 Å². The summed E-state index contributed by atoms with van der Waals surface area (Å²) in [6, 6.07) is 22.2. The van der Waals surface area contributed by atoms with Crippen molar-refractivity contribution in [2.75, 3.05) is 0 Å². The van der Waals surface area contributed by atoms with Gasteiger partial charge in [-0.1, -0.05) is 94.3 Å². The maximum Gasteiger partial charge on any atom is 0.163 e. The van der Waals surface area contributed by atoms with Crippen LogP contribution in [0.25, 0.3) is 11.1 Å². The molecule has 228 valence electrons. The summed E-state index contributed by atoms with van der Waals surface area (Å²) in [5.74, 6) is 0.545. The maximum atomic E-state index is 13.6. The van der Waals surface area contributed by atoms with Crippen LogP contribution >= 0.6 is 0 Å². The van der Waals surface area contributed by atoms with Crippen LogP contribution in [-0.2, 0) is 35.3 Å². The number of benzene rings is 3. The SMILES string of the molecule is CCCC(CC1CC(=O)c2c(C)ccc(-c3ccc(CCCc4ccc(CC)cc4)cc3)c2C1)C(CC)C(=O)CC(C)=O. The maximum absolute atomic E-state index is 13.6. The molecule has 3 heteroatoms. The average Bonchev–Trinajstić information content (AvgIpc) is 2.98. The number of carbonyl (C=O) groups is 3. The number of Topliss-reactive ketones (excluding diaryl/α,β-unsaturated/α-hetero) is 3. The van der Waals surface area contributed by atoms with Crippen LogP contribution in [0.1, 0.15) is 111 Å². The fraction of sp³-hybridized carbons (Fsp3) is 0.475. The van der Waals surface area contributed by atoms with Crippen LogP contribution in [-0.4, -0.2) is 17.3 Å². The fourth-order valence-electron chi connectivity index (χ4n) is 7.30. The molecule has 0 N–H and O–H groups in total. The smallest absolute Gasteiger partial charge is 0.163 e. The largest absolute Gasteiger partial charge is 0.300 e. The van der Waals surface area contributed by atoms with Crippen molar-refractivity contribution in [3.8, 4) is 11.1 Å². The summed E-state index contributed by atoms with van der Waals surface area (Å²) in [4.78, 5) is 38.3. The van der Waals surface area contributed by atoms with Crippen molar-refractivity contribution in [2.45, 2.75) is 105 Å². The van der Waals surface area contributed by atoms with Crippen LogP contribution < -0.4 is 0 Å². The molecule has 3 aromatic carbocycles. The van der Waals surface area contributed by atoms with Crippen LogP contribution in [0, 0.1) is 24.7 Å². The van der Waals surface area contributed by atoms with E-state index < -0.39 is 0 Å². The Balaban J connectivity index is 1.49. The number of ketones is 3. The number of rotatable bonds is 15. The Morgan fingerprint density at radius 1 is 0.837 bits per heavy atom. The van der Waals surface area contributed by atoms with E-state index in [0.29, 0.717) is 6.42 Å². The van der Waals surface area contributed by atoms with Gasteiger partial charge in [-0.25, -0.2) is 0 Å². The van der Waals surface area contributed by atoms with Crippen molar-refractivity contribution in [1.29, 1.82) is 0 Å². The lowest BCUT2D eigenvalue weighted by Crippen LogP contribution is -2.30. The molecule has 3 aromatic rings. The highest BCUT2D eigenvalue weighted by molar-refractivity contribution is 6.02. The zero-order chi connectivity index (χ0) is 30.9. The first kappa shape index (κ1) is 32.6. The Morgan fingerprint density at radius 2 is 1.47 bits per heavy atom. The number of carbonyl (C=O) groups excluding carboxylic acids is 3. The molecule has 0 spiro atoms. The minimum Gasteiger partial charge on any atom is -0.300 e. The number of aryl methyl sites for hydroxylation is 4. The minimum absolute atomic E-state index is 0.0243. The van der Waals surface area contributed by atoms with Gasteiger partial charge in [0.2, 0.25) is 0 Å². The third-order valence-electron chi connectivity index (χ3n) is 9.54. The van der Waals surface area contributed by atoms with Crippen molar-refractivity contribution in [1.82, 2.24) is 0 Å². The molecule has 1 aliphatic rings. The van der Waals surface area contributed by atoms with E-state index in [-0.39, 0.29) is 41.5 Å². The second kappa shape index (κ2) is 15.4. The molecule has 0 amide bonds. The van der Waals surface area contributed by atoms with Crippen LogP contribution in [0.5, 0.6) is 0 Å². The quantitative estimate of drug-likeness (QED) is 0.169. The summed E-state index contributed by atoms with van der Waals surface area (Å²) in [6.07, 6.45) is 9.28. The summed E-state index contributed by atoms with van der Waals surface area (Å²) >= 11 is 0. The van der Waals surface area contributed by atoms with Gasteiger partial charge in [0, 0.05) is 17.9 Å². The summed E-state index contributed by atoms with van der Waals surface area (Å²) in [5.41, 5.74) is 9.57. The molecule has 4 rings (SSSR count). The lowest BCUT2D eigenvalue weighted by atomic mass is 9.71. The van der Waals surface area contributed by atoms with Crippen molar-refractivity contribution >= 4 is 17.3 Å². The van der Waals surface area contributed by atoms with Crippen molar-refractivity contribution < 1.29 is 14.4 Å². The first-order valence-electron chi connectivity index (χ1n) is 16.6. The minimum atomic E-state index is -0.111. The van der Waals surface area contributed by atoms with E-state index in [4.69, 9.17) is 0 Å². The van der Waals surface area contributed by atoms with Gasteiger partial charge in [0.05, 0.1) is 6.42 Å². The average molecular weight is 579 g/mol. The van der Waals surface area contributed by atoms with Crippen LogP contribution in [0.15, 0.2) is 60.7 Å². The highest BCUT2D eigenvalue weighted by Crippen LogP contribution is 2.40. The van der Waals surface area contributed by atoms with Crippen LogP contribution in [0.3, 0.4) is 0 Å². The van der Waals surface area contributed by atoms with Gasteiger partial charge in [-0.2, -0.15) is 0 Å². The lowest BCUT2D eigenvalue weighted by Gasteiger charge is -2.32. The Morgan fingerprint density at radius 3 is 2.05 bits per heavy atom. The summed E-state index contributed by atoms with van der Waals surface area (Å²) in [7, 11) is 0. The topological polar surface area (TPSA) is 51.2 Å². The normalized spacial score (nSPS) is 16.0. The first-order chi connectivity index (χ1) is 20.7. The zero-order valence-electron chi connectivity index (χ0n) is 27.0. The van der Waals surface area contributed by atoms with Crippen LogP contribution in [0.2, 0.25) is 0 Å². The molecule has 0 saturated carbocycles. The molecule has 0 saturated heterocycles. The first-order valence-corrected chi connectivity index (χ1v) is 16.6. The highest BCUT2D eigenvalue weighted by atomic mass is 16.1. The number of hydrogen-bond donors (Lipinski definition) is 0.